The van der Waals surface area contributed by atoms with Gasteiger partial charge in [-0.25, -0.2) is 4.98 Å². The fourth-order valence-corrected chi connectivity index (χ4v) is 2.11. The molecule has 0 atom stereocenters. The maximum atomic E-state index is 4.23. The molecule has 1 aliphatic heterocycles. The summed E-state index contributed by atoms with van der Waals surface area (Å²) in [6.45, 7) is 3.55. The topological polar surface area (TPSA) is 16.1 Å². The number of hydrogen-bond donors (Lipinski definition) is 0. The summed E-state index contributed by atoms with van der Waals surface area (Å²) in [4.78, 5) is 6.74. The Morgan fingerprint density at radius 1 is 1.21 bits per heavy atom. The van der Waals surface area contributed by atoms with Crippen molar-refractivity contribution in [1.82, 2.24) is 9.88 Å². The first-order chi connectivity index (χ1) is 6.84. The van der Waals surface area contributed by atoms with Crippen LogP contribution in [-0.2, 0) is 6.54 Å². The van der Waals surface area contributed by atoms with Crippen molar-refractivity contribution in [3.8, 4) is 0 Å². The second-order valence-corrected chi connectivity index (χ2v) is 4.64. The summed E-state index contributed by atoms with van der Waals surface area (Å²) in [7, 11) is 0. The normalized spacial score (nSPS) is 18.4. The molecule has 1 saturated heterocycles. The van der Waals surface area contributed by atoms with Crippen molar-refractivity contribution in [2.75, 3.05) is 13.1 Å². The van der Waals surface area contributed by atoms with E-state index in [-0.39, 0.29) is 0 Å². The highest BCUT2D eigenvalue weighted by molar-refractivity contribution is 9.10. The maximum Gasteiger partial charge on any atom is 0.106 e. The van der Waals surface area contributed by atoms with Crippen molar-refractivity contribution in [3.63, 3.8) is 0 Å². The Bertz CT molecular complexity index is 278. The Morgan fingerprint density at radius 3 is 2.64 bits per heavy atom. The first-order valence-electron chi connectivity index (χ1n) is 5.17. The summed E-state index contributed by atoms with van der Waals surface area (Å²) < 4.78 is 0.917. The van der Waals surface area contributed by atoms with Gasteiger partial charge in [-0.1, -0.05) is 12.5 Å². The fourth-order valence-electron chi connectivity index (χ4n) is 1.88. The van der Waals surface area contributed by atoms with Gasteiger partial charge in [0.25, 0.3) is 0 Å². The molecule has 0 amide bonds. The number of likely N-dealkylation sites (tertiary alicyclic amines) is 1. The van der Waals surface area contributed by atoms with Crippen LogP contribution in [0.3, 0.4) is 0 Å². The number of aromatic nitrogens is 1. The summed E-state index contributed by atoms with van der Waals surface area (Å²) in [6.07, 6.45) is 6.06. The molecule has 2 nitrogen and oxygen atoms in total. The minimum atomic E-state index is 0.917. The lowest BCUT2D eigenvalue weighted by molar-refractivity contribution is 0.220. The average molecular weight is 255 g/mol. The number of piperidine rings is 1. The van der Waals surface area contributed by atoms with Crippen LogP contribution in [0.25, 0.3) is 0 Å². The van der Waals surface area contributed by atoms with Gasteiger partial charge >= 0.3 is 0 Å². The molecule has 0 radical (unpaired) electrons. The van der Waals surface area contributed by atoms with Crippen molar-refractivity contribution in [2.24, 2.45) is 0 Å². The largest absolute Gasteiger partial charge is 0.299 e. The van der Waals surface area contributed by atoms with E-state index in [1.807, 2.05) is 12.3 Å². The van der Waals surface area contributed by atoms with E-state index >= 15 is 0 Å². The van der Waals surface area contributed by atoms with Crippen LogP contribution in [0.1, 0.15) is 24.8 Å². The van der Waals surface area contributed by atoms with Crippen LogP contribution in [0.2, 0.25) is 0 Å². The van der Waals surface area contributed by atoms with E-state index in [2.05, 4.69) is 31.9 Å². The Balaban J connectivity index is 1.92. The van der Waals surface area contributed by atoms with Crippen LogP contribution in [0.15, 0.2) is 22.9 Å². The van der Waals surface area contributed by atoms with E-state index in [0.717, 1.165) is 11.1 Å². The van der Waals surface area contributed by atoms with Crippen LogP contribution in [0.4, 0.5) is 0 Å². The molecule has 3 heteroatoms. The third-order valence-electron chi connectivity index (χ3n) is 2.64. The van der Waals surface area contributed by atoms with Crippen molar-refractivity contribution in [2.45, 2.75) is 25.8 Å². The summed E-state index contributed by atoms with van der Waals surface area (Å²) in [5, 5.41) is 0. The molecular weight excluding hydrogens is 240 g/mol. The summed E-state index contributed by atoms with van der Waals surface area (Å²) >= 11 is 3.35. The zero-order valence-corrected chi connectivity index (χ0v) is 9.83. The monoisotopic (exact) mass is 254 g/mol. The second kappa shape index (κ2) is 4.89. The van der Waals surface area contributed by atoms with Crippen LogP contribution in [-0.4, -0.2) is 23.0 Å². The second-order valence-electron chi connectivity index (χ2n) is 3.83. The molecule has 1 aromatic heterocycles. The quantitative estimate of drug-likeness (QED) is 0.755. The molecule has 0 bridgehead atoms. The van der Waals surface area contributed by atoms with E-state index in [9.17, 15) is 0 Å². The Labute approximate surface area is 93.5 Å². The summed E-state index contributed by atoms with van der Waals surface area (Å²) in [5.74, 6) is 0. The third-order valence-corrected chi connectivity index (χ3v) is 3.11. The minimum Gasteiger partial charge on any atom is -0.299 e. The zero-order chi connectivity index (χ0) is 9.80. The number of hydrogen-bond acceptors (Lipinski definition) is 2. The molecule has 0 N–H and O–H groups in total. The van der Waals surface area contributed by atoms with Crippen LogP contribution in [0, 0.1) is 0 Å². The lowest BCUT2D eigenvalue weighted by Gasteiger charge is -2.26. The molecule has 2 rings (SSSR count). The molecule has 1 fully saturated rings. The van der Waals surface area contributed by atoms with Crippen molar-refractivity contribution < 1.29 is 0 Å². The van der Waals surface area contributed by atoms with Crippen LogP contribution < -0.4 is 0 Å². The summed E-state index contributed by atoms with van der Waals surface area (Å²) in [6, 6.07) is 4.16. The average Bonchev–Trinajstić information content (AvgIpc) is 2.23. The molecule has 76 valence electrons. The molecule has 14 heavy (non-hydrogen) atoms. The molecule has 0 unspecified atom stereocenters. The van der Waals surface area contributed by atoms with Gasteiger partial charge in [0.1, 0.15) is 4.60 Å². The molecule has 0 aliphatic carbocycles. The van der Waals surface area contributed by atoms with Gasteiger partial charge in [0.2, 0.25) is 0 Å². The zero-order valence-electron chi connectivity index (χ0n) is 8.25. The van der Waals surface area contributed by atoms with Gasteiger partial charge in [0, 0.05) is 12.7 Å². The van der Waals surface area contributed by atoms with Gasteiger partial charge in [-0.05, 0) is 53.5 Å². The number of pyridine rings is 1. The number of nitrogens with zero attached hydrogens (tertiary/aromatic N) is 2. The lowest BCUT2D eigenvalue weighted by atomic mass is 10.1. The predicted octanol–water partition coefficient (Wildman–Crippen LogP) is 2.83. The summed E-state index contributed by atoms with van der Waals surface area (Å²) in [5.41, 5.74) is 1.31. The molecule has 0 aromatic carbocycles. The highest BCUT2D eigenvalue weighted by Crippen LogP contribution is 2.13. The van der Waals surface area contributed by atoms with E-state index in [0.29, 0.717) is 0 Å². The third kappa shape index (κ3) is 2.79. The van der Waals surface area contributed by atoms with Crippen LogP contribution >= 0.6 is 15.9 Å². The molecule has 2 heterocycles. The van der Waals surface area contributed by atoms with Crippen molar-refractivity contribution in [3.05, 3.63) is 28.5 Å². The van der Waals surface area contributed by atoms with Crippen molar-refractivity contribution >= 4 is 15.9 Å². The highest BCUT2D eigenvalue weighted by atomic mass is 79.9. The van der Waals surface area contributed by atoms with Gasteiger partial charge in [0.15, 0.2) is 0 Å². The molecule has 1 aromatic rings. The van der Waals surface area contributed by atoms with Gasteiger partial charge in [0.05, 0.1) is 0 Å². The first kappa shape index (κ1) is 10.1. The smallest absolute Gasteiger partial charge is 0.106 e. The molecule has 0 spiro atoms. The van der Waals surface area contributed by atoms with E-state index < -0.39 is 0 Å². The number of halogens is 1. The Hall–Kier alpha value is -0.410. The van der Waals surface area contributed by atoms with Gasteiger partial charge < -0.3 is 0 Å². The first-order valence-corrected chi connectivity index (χ1v) is 5.97. The Morgan fingerprint density at radius 2 is 2.00 bits per heavy atom. The van der Waals surface area contributed by atoms with E-state index in [4.69, 9.17) is 0 Å². The van der Waals surface area contributed by atoms with Crippen LogP contribution in [0.5, 0.6) is 0 Å². The van der Waals surface area contributed by atoms with E-state index in [1.54, 1.807) is 0 Å². The minimum absolute atomic E-state index is 0.917. The fraction of sp³-hybridized carbons (Fsp3) is 0.545. The predicted molar refractivity (Wildman–Crippen MR) is 61.1 cm³/mol. The van der Waals surface area contributed by atoms with Gasteiger partial charge in [-0.3, -0.25) is 4.90 Å². The van der Waals surface area contributed by atoms with Gasteiger partial charge in [-0.15, -0.1) is 0 Å². The SMILES string of the molecule is Brc1ccc(CN2CCCCC2)cn1. The standard InChI is InChI=1S/C11H15BrN2/c12-11-5-4-10(8-13-11)9-14-6-2-1-3-7-14/h4-5,8H,1-3,6-7,9H2. The van der Waals surface area contributed by atoms with Crippen molar-refractivity contribution in [1.29, 1.82) is 0 Å². The number of rotatable bonds is 2. The maximum absolute atomic E-state index is 4.23. The lowest BCUT2D eigenvalue weighted by Crippen LogP contribution is -2.29. The van der Waals surface area contributed by atoms with Gasteiger partial charge in [-0.2, -0.15) is 0 Å². The molecule has 1 aliphatic rings. The van der Waals surface area contributed by atoms with E-state index in [1.165, 1.54) is 37.9 Å². The molecular formula is C11H15BrN2. The Kier molecular flexibility index (Phi) is 3.54. The molecule has 0 saturated carbocycles. The highest BCUT2D eigenvalue weighted by Gasteiger charge is 2.09.